The number of rotatable bonds is 5. The first-order valence-electron chi connectivity index (χ1n) is 9.52. The van der Waals surface area contributed by atoms with E-state index in [1.165, 1.54) is 12.1 Å². The average molecular weight is 412 g/mol. The summed E-state index contributed by atoms with van der Waals surface area (Å²) in [6.07, 6.45) is -3.67. The summed E-state index contributed by atoms with van der Waals surface area (Å²) >= 11 is 0. The van der Waals surface area contributed by atoms with Gasteiger partial charge in [-0.05, 0) is 47.5 Å². The predicted molar refractivity (Wildman–Crippen MR) is 107 cm³/mol. The number of halogens is 3. The van der Waals surface area contributed by atoms with Crippen molar-refractivity contribution in [2.45, 2.75) is 25.6 Å². The molecule has 4 rings (SSSR count). The molecule has 0 unspecified atom stereocenters. The van der Waals surface area contributed by atoms with Gasteiger partial charge in [-0.15, -0.1) is 0 Å². The van der Waals surface area contributed by atoms with Crippen molar-refractivity contribution in [3.05, 3.63) is 83.0 Å². The lowest BCUT2D eigenvalue weighted by molar-refractivity contribution is -0.137. The number of hydrogen-bond acceptors (Lipinski definition) is 3. The normalized spacial score (nSPS) is 13.6. The number of pyridine rings is 1. The van der Waals surface area contributed by atoms with Crippen LogP contribution in [0.2, 0.25) is 0 Å². The van der Waals surface area contributed by atoms with Gasteiger partial charge in [0.25, 0.3) is 0 Å². The number of benzene rings is 2. The fourth-order valence-corrected chi connectivity index (χ4v) is 3.59. The molecule has 2 heterocycles. The molecular formula is C23H19F3N2O2. The Balaban J connectivity index is 1.57. The number of aromatic nitrogens is 1. The van der Waals surface area contributed by atoms with Crippen LogP contribution in [0, 0.1) is 0 Å². The minimum Gasteiger partial charge on any atom is -0.396 e. The SMILES string of the molecule is O=C1Cc2cc(-c3cccc(CCO)n3)ccc2N1Cc1ccc(C(F)(F)F)cc1. The lowest BCUT2D eigenvalue weighted by atomic mass is 10.0. The van der Waals surface area contributed by atoms with Gasteiger partial charge in [-0.2, -0.15) is 13.2 Å². The molecule has 1 aliphatic rings. The quantitative estimate of drug-likeness (QED) is 0.676. The van der Waals surface area contributed by atoms with Gasteiger partial charge >= 0.3 is 6.18 Å². The highest BCUT2D eigenvalue weighted by Crippen LogP contribution is 2.34. The van der Waals surface area contributed by atoms with Crippen LogP contribution < -0.4 is 4.90 Å². The molecule has 0 saturated carbocycles. The molecule has 3 aromatic rings. The maximum Gasteiger partial charge on any atom is 0.416 e. The average Bonchev–Trinajstić information content (AvgIpc) is 3.02. The van der Waals surface area contributed by atoms with Gasteiger partial charge in [-0.25, -0.2) is 0 Å². The van der Waals surface area contributed by atoms with Crippen molar-refractivity contribution in [1.82, 2.24) is 4.98 Å². The third kappa shape index (κ3) is 4.07. The number of carbonyl (C=O) groups excluding carboxylic acids is 1. The number of fused-ring (bicyclic) bond motifs is 1. The Labute approximate surface area is 171 Å². The van der Waals surface area contributed by atoms with E-state index in [4.69, 9.17) is 5.11 Å². The lowest BCUT2D eigenvalue weighted by Crippen LogP contribution is -2.26. The van der Waals surface area contributed by atoms with E-state index in [0.29, 0.717) is 12.0 Å². The van der Waals surface area contributed by atoms with Crippen molar-refractivity contribution < 1.29 is 23.1 Å². The zero-order chi connectivity index (χ0) is 21.3. The monoisotopic (exact) mass is 412 g/mol. The summed E-state index contributed by atoms with van der Waals surface area (Å²) in [7, 11) is 0. The fraction of sp³-hybridized carbons (Fsp3) is 0.217. The lowest BCUT2D eigenvalue weighted by Gasteiger charge is -2.18. The van der Waals surface area contributed by atoms with Crippen molar-refractivity contribution in [3.63, 3.8) is 0 Å². The van der Waals surface area contributed by atoms with Crippen molar-refractivity contribution in [2.24, 2.45) is 0 Å². The molecule has 4 nitrogen and oxygen atoms in total. The molecule has 0 aliphatic carbocycles. The Morgan fingerprint density at radius 1 is 1.03 bits per heavy atom. The molecule has 154 valence electrons. The second-order valence-electron chi connectivity index (χ2n) is 7.18. The second kappa shape index (κ2) is 7.91. The summed E-state index contributed by atoms with van der Waals surface area (Å²) < 4.78 is 38.2. The minimum absolute atomic E-state index is 0.0219. The van der Waals surface area contributed by atoms with Crippen molar-refractivity contribution in [3.8, 4) is 11.3 Å². The standard InChI is InChI=1S/C23H19F3N2O2/c24-23(25,26)18-7-4-15(5-8-18)14-28-21-9-6-16(12-17(21)13-22(28)30)20-3-1-2-19(27-20)10-11-29/h1-9,12,29H,10-11,13-14H2. The molecule has 0 atom stereocenters. The van der Waals surface area contributed by atoms with E-state index in [-0.39, 0.29) is 25.5 Å². The van der Waals surface area contributed by atoms with Crippen LogP contribution in [0.4, 0.5) is 18.9 Å². The molecule has 0 fully saturated rings. The van der Waals surface area contributed by atoms with Crippen LogP contribution in [0.1, 0.15) is 22.4 Å². The minimum atomic E-state index is -4.38. The van der Waals surface area contributed by atoms with Crippen molar-refractivity contribution in [2.75, 3.05) is 11.5 Å². The summed E-state index contributed by atoms with van der Waals surface area (Å²) in [5.74, 6) is -0.0935. The topological polar surface area (TPSA) is 53.4 Å². The zero-order valence-electron chi connectivity index (χ0n) is 16.0. The molecule has 1 amide bonds. The molecule has 0 saturated heterocycles. The van der Waals surface area contributed by atoms with Crippen LogP contribution in [-0.2, 0) is 30.4 Å². The van der Waals surface area contributed by atoms with Gasteiger partial charge in [0.2, 0.25) is 5.91 Å². The molecule has 2 aromatic carbocycles. The zero-order valence-corrected chi connectivity index (χ0v) is 16.0. The number of amides is 1. The maximum atomic E-state index is 12.7. The van der Waals surface area contributed by atoms with Gasteiger partial charge in [-0.3, -0.25) is 9.78 Å². The van der Waals surface area contributed by atoms with Gasteiger partial charge in [0.1, 0.15) is 0 Å². The van der Waals surface area contributed by atoms with E-state index in [9.17, 15) is 18.0 Å². The number of aliphatic hydroxyl groups excluding tert-OH is 1. The molecular weight excluding hydrogens is 393 g/mol. The number of aliphatic hydroxyl groups is 1. The van der Waals surface area contributed by atoms with Gasteiger partial charge < -0.3 is 10.0 Å². The molecule has 1 N–H and O–H groups in total. The number of carbonyl (C=O) groups is 1. The second-order valence-corrected chi connectivity index (χ2v) is 7.18. The third-order valence-electron chi connectivity index (χ3n) is 5.11. The van der Waals surface area contributed by atoms with E-state index in [0.717, 1.165) is 40.3 Å². The van der Waals surface area contributed by atoms with Gasteiger partial charge in [0, 0.05) is 30.0 Å². The maximum absolute atomic E-state index is 12.7. The number of nitrogens with zero attached hydrogens (tertiary/aromatic N) is 2. The summed E-state index contributed by atoms with van der Waals surface area (Å²) in [4.78, 5) is 18.7. The Morgan fingerprint density at radius 3 is 2.50 bits per heavy atom. The highest BCUT2D eigenvalue weighted by atomic mass is 19.4. The largest absolute Gasteiger partial charge is 0.416 e. The van der Waals surface area contributed by atoms with Crippen molar-refractivity contribution >= 4 is 11.6 Å². The van der Waals surface area contributed by atoms with Crippen LogP contribution in [0.15, 0.2) is 60.7 Å². The predicted octanol–water partition coefficient (Wildman–Crippen LogP) is 4.39. The van der Waals surface area contributed by atoms with E-state index in [1.807, 2.05) is 36.4 Å². The highest BCUT2D eigenvalue weighted by Gasteiger charge is 2.31. The number of hydrogen-bond donors (Lipinski definition) is 1. The molecule has 0 radical (unpaired) electrons. The Hall–Kier alpha value is -3.19. The van der Waals surface area contributed by atoms with Crippen LogP contribution >= 0.6 is 0 Å². The smallest absolute Gasteiger partial charge is 0.396 e. The first kappa shape index (κ1) is 20.1. The summed E-state index contributed by atoms with van der Waals surface area (Å²) in [5.41, 5.74) is 3.96. The Kier molecular flexibility index (Phi) is 5.30. The summed E-state index contributed by atoms with van der Waals surface area (Å²) in [6.45, 7) is 0.238. The third-order valence-corrected chi connectivity index (χ3v) is 5.11. The Bertz CT molecular complexity index is 1080. The van der Waals surface area contributed by atoms with Crippen LogP contribution in [-0.4, -0.2) is 22.6 Å². The molecule has 1 aliphatic heterocycles. The molecule has 30 heavy (non-hydrogen) atoms. The van der Waals surface area contributed by atoms with Crippen LogP contribution in [0.3, 0.4) is 0 Å². The van der Waals surface area contributed by atoms with E-state index < -0.39 is 11.7 Å². The first-order chi connectivity index (χ1) is 14.3. The molecule has 1 aromatic heterocycles. The summed E-state index contributed by atoms with van der Waals surface area (Å²) in [5, 5.41) is 9.10. The van der Waals surface area contributed by atoms with E-state index in [2.05, 4.69) is 4.98 Å². The Morgan fingerprint density at radius 2 is 1.80 bits per heavy atom. The van der Waals surface area contributed by atoms with E-state index in [1.54, 1.807) is 4.90 Å². The summed E-state index contributed by atoms with van der Waals surface area (Å²) in [6, 6.07) is 16.1. The first-order valence-corrected chi connectivity index (χ1v) is 9.52. The van der Waals surface area contributed by atoms with E-state index >= 15 is 0 Å². The number of alkyl halides is 3. The van der Waals surface area contributed by atoms with Gasteiger partial charge in [0.05, 0.1) is 24.2 Å². The molecule has 7 heteroatoms. The van der Waals surface area contributed by atoms with Crippen LogP contribution in [0.25, 0.3) is 11.3 Å². The highest BCUT2D eigenvalue weighted by molar-refractivity contribution is 6.01. The van der Waals surface area contributed by atoms with Crippen molar-refractivity contribution in [1.29, 1.82) is 0 Å². The fourth-order valence-electron chi connectivity index (χ4n) is 3.59. The number of anilines is 1. The van der Waals surface area contributed by atoms with Crippen LogP contribution in [0.5, 0.6) is 0 Å². The van der Waals surface area contributed by atoms with Gasteiger partial charge in [0.15, 0.2) is 0 Å². The molecule has 0 spiro atoms. The molecule has 0 bridgehead atoms. The van der Waals surface area contributed by atoms with Gasteiger partial charge in [-0.1, -0.05) is 24.3 Å².